The van der Waals surface area contributed by atoms with Crippen LogP contribution >= 0.6 is 0 Å². The van der Waals surface area contributed by atoms with Crippen LogP contribution in [0.25, 0.3) is 0 Å². The Balaban J connectivity index is 2.42. The molecule has 1 N–H and O–H groups in total. The van der Waals surface area contributed by atoms with E-state index in [0.29, 0.717) is 11.0 Å². The van der Waals surface area contributed by atoms with Gasteiger partial charge in [-0.05, 0) is 11.3 Å². The first-order valence-corrected chi connectivity index (χ1v) is 2.88. The van der Waals surface area contributed by atoms with Gasteiger partial charge in [0, 0.05) is 11.8 Å². The van der Waals surface area contributed by atoms with E-state index in [1.807, 2.05) is 0 Å². The highest BCUT2D eigenvalue weighted by Crippen LogP contribution is 2.22. The molecule has 4 heteroatoms. The Bertz CT molecular complexity index is 226. The van der Waals surface area contributed by atoms with Gasteiger partial charge in [0.05, 0.1) is 0 Å². The van der Waals surface area contributed by atoms with Crippen molar-refractivity contribution in [3.8, 4) is 0 Å². The van der Waals surface area contributed by atoms with Crippen molar-refractivity contribution in [1.82, 2.24) is 10.2 Å². The summed E-state index contributed by atoms with van der Waals surface area (Å²) >= 11 is 0. The molecule has 0 fully saturated rings. The molecule has 0 unspecified atom stereocenters. The van der Waals surface area contributed by atoms with Crippen LogP contribution in [0, 0.1) is 6.54 Å². The van der Waals surface area contributed by atoms with Gasteiger partial charge in [-0.1, -0.05) is 6.07 Å². The van der Waals surface area contributed by atoms with E-state index >= 15 is 0 Å². The third kappa shape index (κ3) is 0.733. The first kappa shape index (κ1) is 5.61. The lowest BCUT2D eigenvalue weighted by Gasteiger charge is -1.98. The molecule has 0 amide bonds. The largest absolute Gasteiger partial charge is 0.275 e. The van der Waals surface area contributed by atoms with Crippen molar-refractivity contribution in [1.29, 1.82) is 0 Å². The number of fused-ring (bicyclic) bond motifs is 1. The number of hydrazine groups is 1. The van der Waals surface area contributed by atoms with Crippen molar-refractivity contribution in [2.45, 2.75) is 0 Å². The van der Waals surface area contributed by atoms with Crippen LogP contribution in [0.5, 0.6) is 0 Å². The molecule has 0 aliphatic carbocycles. The molecule has 1 radical (unpaired) electrons. The second-order valence-electron chi connectivity index (χ2n) is 1.99. The van der Waals surface area contributed by atoms with Gasteiger partial charge in [0.25, 0.3) is 0 Å². The molecule has 0 saturated carbocycles. The van der Waals surface area contributed by atoms with Crippen LogP contribution in [0.1, 0.15) is 5.56 Å². The van der Waals surface area contributed by atoms with Crippen molar-refractivity contribution < 1.29 is 4.48 Å². The molecule has 10 heavy (non-hydrogen) atoms. The molecule has 1 aliphatic rings. The highest BCUT2D eigenvalue weighted by molar-refractivity contribution is 5.50. The van der Waals surface area contributed by atoms with Crippen LogP contribution in [0.15, 0.2) is 18.3 Å². The van der Waals surface area contributed by atoms with E-state index in [-0.39, 0.29) is 0 Å². The zero-order valence-corrected chi connectivity index (χ0v) is 5.08. The Hall–Kier alpha value is -1.16. The predicted molar refractivity (Wildman–Crippen MR) is 34.2 cm³/mol. The normalized spacial score (nSPS) is 16.5. The summed E-state index contributed by atoms with van der Waals surface area (Å²) in [6, 6.07) is 3.55. The zero-order valence-electron chi connectivity index (χ0n) is 5.08. The number of aromatic nitrogens is 1. The third-order valence-electron chi connectivity index (χ3n) is 1.30. The van der Waals surface area contributed by atoms with Gasteiger partial charge in [-0.2, -0.15) is 0 Å². The van der Waals surface area contributed by atoms with Crippen LogP contribution in [-0.4, -0.2) is 10.2 Å². The average Bonchev–Trinajstić information content (AvgIpc) is 2.27. The number of pyridine rings is 1. The summed E-state index contributed by atoms with van der Waals surface area (Å²) in [6.07, 6.45) is 1.61. The molecule has 0 spiro atoms. The van der Waals surface area contributed by atoms with Crippen LogP contribution in [0.3, 0.4) is 0 Å². The standard InChI is InChI=1S/C6H5FN3/c7-10-4-5-2-1-3-8-6(5)9-10/h1-4H,(H,8,9). The molecule has 0 atom stereocenters. The monoisotopic (exact) mass is 138 g/mol. The molecule has 1 aliphatic heterocycles. The molecule has 0 saturated heterocycles. The highest BCUT2D eigenvalue weighted by Gasteiger charge is 2.17. The molecule has 2 rings (SSSR count). The topological polar surface area (TPSA) is 28.2 Å². The summed E-state index contributed by atoms with van der Waals surface area (Å²) in [7, 11) is 0. The second-order valence-corrected chi connectivity index (χ2v) is 1.99. The lowest BCUT2D eigenvalue weighted by atomic mass is 10.3. The van der Waals surface area contributed by atoms with E-state index in [1.54, 1.807) is 18.3 Å². The van der Waals surface area contributed by atoms with Gasteiger partial charge in [-0.15, -0.1) is 4.48 Å². The minimum Gasteiger partial charge on any atom is -0.275 e. The Labute approximate surface area is 57.4 Å². The maximum atomic E-state index is 12.3. The molecular weight excluding hydrogens is 133 g/mol. The lowest BCUT2D eigenvalue weighted by molar-refractivity contribution is 0.113. The van der Waals surface area contributed by atoms with E-state index in [0.717, 1.165) is 5.56 Å². The number of anilines is 1. The van der Waals surface area contributed by atoms with Gasteiger partial charge in [0.2, 0.25) is 0 Å². The SMILES string of the molecule is FN1[CH]c2cccnc2N1. The molecule has 2 heterocycles. The molecule has 1 aromatic rings. The predicted octanol–water partition coefficient (Wildman–Crippen LogP) is 1.12. The fourth-order valence-electron chi connectivity index (χ4n) is 0.871. The van der Waals surface area contributed by atoms with Crippen LogP contribution < -0.4 is 5.43 Å². The van der Waals surface area contributed by atoms with E-state index in [4.69, 9.17) is 0 Å². The summed E-state index contributed by atoms with van der Waals surface area (Å²) in [4.78, 5) is 3.89. The molecule has 1 aromatic heterocycles. The summed E-state index contributed by atoms with van der Waals surface area (Å²) in [5.41, 5.74) is 3.17. The first-order valence-electron chi connectivity index (χ1n) is 2.88. The maximum absolute atomic E-state index is 12.3. The van der Waals surface area contributed by atoms with Gasteiger partial charge < -0.3 is 0 Å². The van der Waals surface area contributed by atoms with E-state index in [1.165, 1.54) is 6.54 Å². The third-order valence-corrected chi connectivity index (χ3v) is 1.30. The van der Waals surface area contributed by atoms with E-state index < -0.39 is 0 Å². The Kier molecular flexibility index (Phi) is 1.07. The Morgan fingerprint density at radius 3 is 3.30 bits per heavy atom. The van der Waals surface area contributed by atoms with Crippen LogP contribution in [0.4, 0.5) is 10.3 Å². The molecule has 0 bridgehead atoms. The average molecular weight is 138 g/mol. The number of nitrogens with zero attached hydrogens (tertiary/aromatic N) is 2. The fraction of sp³-hybridized carbons (Fsp3) is 0. The van der Waals surface area contributed by atoms with Gasteiger partial charge in [0.1, 0.15) is 12.4 Å². The quantitative estimate of drug-likeness (QED) is 0.544. The summed E-state index contributed by atoms with van der Waals surface area (Å²) in [6.45, 7) is 1.34. The van der Waals surface area contributed by atoms with Crippen LogP contribution in [0.2, 0.25) is 0 Å². The van der Waals surface area contributed by atoms with Crippen molar-refractivity contribution >= 4 is 5.82 Å². The van der Waals surface area contributed by atoms with Gasteiger partial charge in [0.15, 0.2) is 0 Å². The highest BCUT2D eigenvalue weighted by atomic mass is 19.2. The summed E-state index contributed by atoms with van der Waals surface area (Å²) in [5, 5.41) is 0.387. The first-order chi connectivity index (χ1) is 4.86. The number of halogens is 1. The Morgan fingerprint density at radius 1 is 1.60 bits per heavy atom. The fourth-order valence-corrected chi connectivity index (χ4v) is 0.871. The Morgan fingerprint density at radius 2 is 2.50 bits per heavy atom. The number of hydrogen-bond acceptors (Lipinski definition) is 3. The zero-order chi connectivity index (χ0) is 6.97. The molecule has 0 aromatic carbocycles. The van der Waals surface area contributed by atoms with E-state index in [2.05, 4.69) is 10.4 Å². The van der Waals surface area contributed by atoms with Gasteiger partial charge in [-0.3, -0.25) is 5.43 Å². The molecule has 51 valence electrons. The van der Waals surface area contributed by atoms with Gasteiger partial charge in [-0.25, -0.2) is 4.98 Å². The number of hydrogen-bond donors (Lipinski definition) is 1. The van der Waals surface area contributed by atoms with Gasteiger partial charge >= 0.3 is 0 Å². The smallest absolute Gasteiger partial charge is 0.147 e. The molecular formula is C6H5FN3. The van der Waals surface area contributed by atoms with E-state index in [9.17, 15) is 4.48 Å². The minimum atomic E-state index is 0.387. The molecule has 3 nitrogen and oxygen atoms in total. The summed E-state index contributed by atoms with van der Waals surface area (Å²) in [5.74, 6) is 0.560. The summed E-state index contributed by atoms with van der Waals surface area (Å²) < 4.78 is 12.3. The lowest BCUT2D eigenvalue weighted by Crippen LogP contribution is -2.09. The van der Waals surface area contributed by atoms with Crippen molar-refractivity contribution in [2.24, 2.45) is 0 Å². The number of nitrogens with one attached hydrogen (secondary N) is 1. The number of rotatable bonds is 0. The van der Waals surface area contributed by atoms with Crippen LogP contribution in [-0.2, 0) is 0 Å². The van der Waals surface area contributed by atoms with Crippen molar-refractivity contribution in [2.75, 3.05) is 5.43 Å². The van der Waals surface area contributed by atoms with Crippen molar-refractivity contribution in [3.63, 3.8) is 0 Å². The second kappa shape index (κ2) is 1.91. The van der Waals surface area contributed by atoms with Crippen molar-refractivity contribution in [3.05, 3.63) is 30.4 Å². The maximum Gasteiger partial charge on any atom is 0.147 e. The minimum absolute atomic E-state index is 0.387.